The predicted molar refractivity (Wildman–Crippen MR) is 98.7 cm³/mol. The zero-order valence-corrected chi connectivity index (χ0v) is 14.7. The smallest absolute Gasteiger partial charge is 0.127 e. The van der Waals surface area contributed by atoms with Crippen molar-refractivity contribution in [3.05, 3.63) is 70.3 Å². The van der Waals surface area contributed by atoms with Gasteiger partial charge in [0.1, 0.15) is 5.84 Å². The third kappa shape index (κ3) is 1.99. The summed E-state index contributed by atoms with van der Waals surface area (Å²) in [6.07, 6.45) is 0. The van der Waals surface area contributed by atoms with Gasteiger partial charge in [-0.25, -0.2) is 4.99 Å². The Balaban J connectivity index is 1.97. The molecule has 4 rings (SSSR count). The van der Waals surface area contributed by atoms with E-state index in [1.807, 2.05) is 0 Å². The molecule has 3 heteroatoms. The molecule has 2 nitrogen and oxygen atoms in total. The van der Waals surface area contributed by atoms with Crippen LogP contribution in [-0.2, 0) is 5.41 Å². The molecule has 0 spiro atoms. The van der Waals surface area contributed by atoms with E-state index in [0.717, 1.165) is 11.5 Å². The van der Waals surface area contributed by atoms with Crippen molar-refractivity contribution >= 4 is 23.5 Å². The monoisotopic (exact) mass is 320 g/mol. The highest BCUT2D eigenvalue weighted by Crippen LogP contribution is 2.46. The Labute approximate surface area is 141 Å². The van der Waals surface area contributed by atoms with Crippen molar-refractivity contribution in [2.24, 2.45) is 4.99 Å². The van der Waals surface area contributed by atoms with Crippen molar-refractivity contribution in [2.75, 3.05) is 0 Å². The highest BCUT2D eigenvalue weighted by atomic mass is 32.2. The molecule has 116 valence electrons. The number of aliphatic imine (C=N–C) groups is 1. The second-order valence-corrected chi connectivity index (χ2v) is 7.44. The molecular formula is C20H20N2S. The van der Waals surface area contributed by atoms with E-state index in [0.29, 0.717) is 0 Å². The lowest BCUT2D eigenvalue weighted by Crippen LogP contribution is -2.37. The van der Waals surface area contributed by atoms with Gasteiger partial charge in [-0.1, -0.05) is 30.3 Å². The molecule has 23 heavy (non-hydrogen) atoms. The third-order valence-electron chi connectivity index (χ3n) is 5.20. The number of nitrogens with one attached hydrogen (secondary N) is 1. The zero-order chi connectivity index (χ0) is 16.2. The van der Waals surface area contributed by atoms with Gasteiger partial charge in [0.25, 0.3) is 0 Å². The summed E-state index contributed by atoms with van der Waals surface area (Å²) in [7, 11) is 0. The molecule has 0 fully saturated rings. The molecule has 0 radical (unpaired) electrons. The van der Waals surface area contributed by atoms with Gasteiger partial charge in [-0.2, -0.15) is 0 Å². The van der Waals surface area contributed by atoms with Crippen LogP contribution in [0, 0.1) is 13.8 Å². The number of hydrogen-bond acceptors (Lipinski definition) is 3. The van der Waals surface area contributed by atoms with Gasteiger partial charge >= 0.3 is 0 Å². The van der Waals surface area contributed by atoms with Gasteiger partial charge in [0.05, 0.1) is 11.1 Å². The van der Waals surface area contributed by atoms with Gasteiger partial charge in [0, 0.05) is 10.5 Å². The molecule has 0 aromatic heterocycles. The molecule has 1 atom stereocenters. The molecule has 2 aliphatic heterocycles. The molecule has 2 aromatic rings. The van der Waals surface area contributed by atoms with Crippen LogP contribution < -0.4 is 4.72 Å². The Bertz CT molecular complexity index is 859. The molecular weight excluding hydrogens is 300 g/mol. The van der Waals surface area contributed by atoms with Gasteiger partial charge in [-0.05, 0) is 74.0 Å². The summed E-state index contributed by atoms with van der Waals surface area (Å²) in [5.41, 5.74) is 7.41. The summed E-state index contributed by atoms with van der Waals surface area (Å²) in [6.45, 7) is 8.84. The van der Waals surface area contributed by atoms with Crippen molar-refractivity contribution in [3.63, 3.8) is 0 Å². The van der Waals surface area contributed by atoms with E-state index in [2.05, 4.69) is 74.9 Å². The van der Waals surface area contributed by atoms with Crippen molar-refractivity contribution in [2.45, 2.75) is 38.0 Å². The number of fused-ring (bicyclic) bond motifs is 4. The fourth-order valence-corrected chi connectivity index (χ4v) is 4.41. The third-order valence-corrected chi connectivity index (χ3v) is 5.98. The molecule has 2 aromatic carbocycles. The Hall–Kier alpha value is -2.00. The van der Waals surface area contributed by atoms with Crippen molar-refractivity contribution in [3.8, 4) is 0 Å². The van der Waals surface area contributed by atoms with Crippen LogP contribution in [-0.4, -0.2) is 5.84 Å². The maximum Gasteiger partial charge on any atom is 0.127 e. The molecule has 1 N–H and O–H groups in total. The summed E-state index contributed by atoms with van der Waals surface area (Å²) in [5, 5.41) is 0. The molecule has 1 unspecified atom stereocenters. The predicted octanol–water partition coefficient (Wildman–Crippen LogP) is 5.01. The first-order chi connectivity index (χ1) is 11.0. The van der Waals surface area contributed by atoms with E-state index in [4.69, 9.17) is 4.99 Å². The van der Waals surface area contributed by atoms with E-state index in [1.165, 1.54) is 32.7 Å². The minimum atomic E-state index is -0.177. The highest BCUT2D eigenvalue weighted by Gasteiger charge is 2.43. The molecule has 2 aliphatic rings. The van der Waals surface area contributed by atoms with Gasteiger partial charge in [0.2, 0.25) is 0 Å². The summed E-state index contributed by atoms with van der Waals surface area (Å²) in [5.74, 6) is 1.04. The number of aryl methyl sites for hydroxylation is 2. The Morgan fingerprint density at radius 3 is 2.43 bits per heavy atom. The van der Waals surface area contributed by atoms with Crippen molar-refractivity contribution < 1.29 is 0 Å². The van der Waals surface area contributed by atoms with Gasteiger partial charge in [-0.3, -0.25) is 0 Å². The largest absolute Gasteiger partial charge is 0.313 e. The second-order valence-electron chi connectivity index (χ2n) is 6.56. The normalized spacial score (nSPS) is 22.3. The fourth-order valence-electron chi connectivity index (χ4n) is 3.61. The number of benzene rings is 2. The van der Waals surface area contributed by atoms with Crippen LogP contribution in [0.4, 0.5) is 0 Å². The van der Waals surface area contributed by atoms with E-state index in [1.54, 1.807) is 11.9 Å². The van der Waals surface area contributed by atoms with Crippen LogP contribution in [0.25, 0.3) is 5.70 Å². The molecule has 2 bridgehead atoms. The molecule has 2 heterocycles. The Morgan fingerprint density at radius 2 is 1.70 bits per heavy atom. The highest BCUT2D eigenvalue weighted by molar-refractivity contribution is 7.98. The molecule has 0 saturated heterocycles. The summed E-state index contributed by atoms with van der Waals surface area (Å²) in [6, 6.07) is 15.2. The number of rotatable bonds is 1. The molecule has 0 saturated carbocycles. The van der Waals surface area contributed by atoms with E-state index >= 15 is 0 Å². The minimum Gasteiger partial charge on any atom is -0.313 e. The van der Waals surface area contributed by atoms with Crippen LogP contribution in [0.1, 0.15) is 36.1 Å². The van der Waals surface area contributed by atoms with Crippen LogP contribution in [0.15, 0.2) is 57.9 Å². The summed E-state index contributed by atoms with van der Waals surface area (Å²) in [4.78, 5) is 6.28. The van der Waals surface area contributed by atoms with Gasteiger partial charge in [-0.15, -0.1) is 0 Å². The zero-order valence-electron chi connectivity index (χ0n) is 13.9. The Morgan fingerprint density at radius 1 is 1.00 bits per heavy atom. The lowest BCUT2D eigenvalue weighted by molar-refractivity contribution is 0.755. The maximum absolute atomic E-state index is 5.04. The molecule has 0 amide bonds. The first-order valence-corrected chi connectivity index (χ1v) is 8.74. The lowest BCUT2D eigenvalue weighted by atomic mass is 9.75. The van der Waals surface area contributed by atoms with Crippen LogP contribution in [0.2, 0.25) is 0 Å². The Kier molecular flexibility index (Phi) is 3.17. The van der Waals surface area contributed by atoms with Gasteiger partial charge in [0.15, 0.2) is 0 Å². The van der Waals surface area contributed by atoms with E-state index in [9.17, 15) is 0 Å². The second kappa shape index (κ2) is 5.00. The van der Waals surface area contributed by atoms with Crippen molar-refractivity contribution in [1.29, 1.82) is 0 Å². The SMILES string of the molecule is CC1=C(c2c(C)cccc2C)N=C2NSc3cccc(c3)C21C. The first-order valence-electron chi connectivity index (χ1n) is 7.92. The van der Waals surface area contributed by atoms with Crippen LogP contribution in [0.5, 0.6) is 0 Å². The van der Waals surface area contributed by atoms with Gasteiger partial charge < -0.3 is 4.72 Å². The average molecular weight is 320 g/mol. The molecule has 0 aliphatic carbocycles. The standard InChI is InChI=1S/C20H20N2S/c1-12-7-5-8-13(2)17(12)18-14(3)20(4)15-9-6-10-16(11-15)23-22-19(20)21-18/h5-11H,1-4H3,(H,21,22). The van der Waals surface area contributed by atoms with E-state index < -0.39 is 0 Å². The first kappa shape index (κ1) is 14.6. The number of nitrogens with zero attached hydrogens (tertiary/aromatic N) is 1. The summed E-state index contributed by atoms with van der Waals surface area (Å²) >= 11 is 1.65. The number of amidine groups is 1. The summed E-state index contributed by atoms with van der Waals surface area (Å²) < 4.78 is 3.49. The van der Waals surface area contributed by atoms with Crippen LogP contribution >= 0.6 is 11.9 Å². The average Bonchev–Trinajstić information content (AvgIpc) is 2.74. The van der Waals surface area contributed by atoms with Crippen LogP contribution in [0.3, 0.4) is 0 Å². The topological polar surface area (TPSA) is 24.4 Å². The lowest BCUT2D eigenvalue weighted by Gasteiger charge is -2.27. The fraction of sp³-hybridized carbons (Fsp3) is 0.250. The quantitative estimate of drug-likeness (QED) is 0.747. The van der Waals surface area contributed by atoms with E-state index in [-0.39, 0.29) is 5.41 Å². The minimum absolute atomic E-state index is 0.177. The number of hydrogen-bond donors (Lipinski definition) is 1. The maximum atomic E-state index is 5.04. The van der Waals surface area contributed by atoms with Crippen molar-refractivity contribution in [1.82, 2.24) is 4.72 Å².